The van der Waals surface area contributed by atoms with Crippen molar-refractivity contribution < 1.29 is 0 Å². The van der Waals surface area contributed by atoms with Crippen LogP contribution in [0.2, 0.25) is 0 Å². The Labute approximate surface area is 122 Å². The number of aromatic nitrogens is 3. The van der Waals surface area contributed by atoms with Gasteiger partial charge < -0.3 is 15.5 Å². The Morgan fingerprint density at radius 2 is 2.00 bits per heavy atom. The molecule has 2 aromatic rings. The summed E-state index contributed by atoms with van der Waals surface area (Å²) in [5, 5.41) is 2.09. The average molecular weight is 290 g/mol. The Hall–Kier alpha value is -1.89. The molecule has 1 aliphatic carbocycles. The van der Waals surface area contributed by atoms with Crippen LogP contribution in [0.5, 0.6) is 0 Å². The van der Waals surface area contributed by atoms with Crippen LogP contribution >= 0.6 is 11.3 Å². The van der Waals surface area contributed by atoms with Crippen LogP contribution in [0.3, 0.4) is 0 Å². The maximum absolute atomic E-state index is 5.82. The largest absolute Gasteiger partial charge is 0.368 e. The van der Waals surface area contributed by atoms with E-state index < -0.39 is 0 Å². The van der Waals surface area contributed by atoms with Crippen molar-refractivity contribution in [2.24, 2.45) is 0 Å². The van der Waals surface area contributed by atoms with E-state index in [2.05, 4.69) is 37.4 Å². The van der Waals surface area contributed by atoms with Crippen LogP contribution in [0.4, 0.5) is 17.8 Å². The van der Waals surface area contributed by atoms with Gasteiger partial charge in [-0.3, -0.25) is 0 Å². The summed E-state index contributed by atoms with van der Waals surface area (Å²) in [4.78, 5) is 18.4. The Morgan fingerprint density at radius 3 is 2.60 bits per heavy atom. The molecule has 1 aliphatic rings. The third kappa shape index (κ3) is 2.82. The molecule has 6 nitrogen and oxygen atoms in total. The number of nitrogens with zero attached hydrogens (tertiary/aromatic N) is 5. The van der Waals surface area contributed by atoms with Gasteiger partial charge in [-0.05, 0) is 24.3 Å². The zero-order valence-corrected chi connectivity index (χ0v) is 12.5. The smallest absolute Gasteiger partial charge is 0.232 e. The lowest BCUT2D eigenvalue weighted by molar-refractivity contribution is 0.758. The van der Waals surface area contributed by atoms with E-state index in [9.17, 15) is 0 Å². The summed E-state index contributed by atoms with van der Waals surface area (Å²) in [6.45, 7) is 0.832. The highest BCUT2D eigenvalue weighted by Gasteiger charge is 2.31. The number of hydrogen-bond acceptors (Lipinski definition) is 7. The number of nitrogens with two attached hydrogens (primary N) is 1. The van der Waals surface area contributed by atoms with Gasteiger partial charge in [0, 0.05) is 25.0 Å². The normalized spacial score (nSPS) is 14.3. The molecule has 2 heterocycles. The molecular weight excluding hydrogens is 272 g/mol. The fourth-order valence-corrected chi connectivity index (χ4v) is 2.72. The lowest BCUT2D eigenvalue weighted by atomic mass is 10.4. The van der Waals surface area contributed by atoms with Gasteiger partial charge in [0.1, 0.15) is 0 Å². The highest BCUT2D eigenvalue weighted by atomic mass is 32.1. The molecular formula is C13H18N6S. The summed E-state index contributed by atoms with van der Waals surface area (Å²) in [5.74, 6) is 1.55. The summed E-state index contributed by atoms with van der Waals surface area (Å²) in [6.07, 6.45) is 2.38. The van der Waals surface area contributed by atoms with Crippen molar-refractivity contribution in [3.8, 4) is 0 Å². The van der Waals surface area contributed by atoms with E-state index in [1.807, 2.05) is 19.0 Å². The predicted molar refractivity (Wildman–Crippen MR) is 82.1 cm³/mol. The van der Waals surface area contributed by atoms with E-state index in [-0.39, 0.29) is 5.95 Å². The zero-order valence-electron chi connectivity index (χ0n) is 11.7. The molecule has 0 aliphatic heterocycles. The van der Waals surface area contributed by atoms with Gasteiger partial charge in [0.25, 0.3) is 0 Å². The first-order valence-electron chi connectivity index (χ1n) is 6.61. The minimum absolute atomic E-state index is 0.274. The molecule has 0 atom stereocenters. The number of nitrogen functional groups attached to an aromatic ring is 1. The van der Waals surface area contributed by atoms with Gasteiger partial charge in [0.05, 0.1) is 6.54 Å². The Kier molecular flexibility index (Phi) is 3.43. The van der Waals surface area contributed by atoms with E-state index in [0.29, 0.717) is 17.9 Å². The van der Waals surface area contributed by atoms with Gasteiger partial charge in [-0.15, -0.1) is 11.3 Å². The Bertz CT molecular complexity index is 579. The maximum Gasteiger partial charge on any atom is 0.232 e. The molecule has 0 spiro atoms. The lowest BCUT2D eigenvalue weighted by Gasteiger charge is -2.23. The second kappa shape index (κ2) is 5.24. The van der Waals surface area contributed by atoms with Crippen LogP contribution in [0.1, 0.15) is 17.7 Å². The number of anilines is 3. The van der Waals surface area contributed by atoms with E-state index >= 15 is 0 Å². The van der Waals surface area contributed by atoms with Crippen molar-refractivity contribution in [3.05, 3.63) is 22.4 Å². The molecule has 0 radical (unpaired) electrons. The van der Waals surface area contributed by atoms with E-state index in [4.69, 9.17) is 5.73 Å². The van der Waals surface area contributed by atoms with Crippen LogP contribution < -0.4 is 15.5 Å². The molecule has 0 bridgehead atoms. The van der Waals surface area contributed by atoms with Crippen LogP contribution in [0.25, 0.3) is 0 Å². The number of thiophene rings is 1. The molecule has 0 saturated heterocycles. The second-order valence-electron chi connectivity index (χ2n) is 5.13. The van der Waals surface area contributed by atoms with Gasteiger partial charge in [-0.1, -0.05) is 6.07 Å². The first-order valence-corrected chi connectivity index (χ1v) is 7.49. The summed E-state index contributed by atoms with van der Waals surface area (Å²) in [5.41, 5.74) is 5.82. The first-order chi connectivity index (χ1) is 9.63. The van der Waals surface area contributed by atoms with Crippen LogP contribution in [-0.2, 0) is 6.54 Å². The van der Waals surface area contributed by atoms with Gasteiger partial charge in [0.15, 0.2) is 0 Å². The highest BCUT2D eigenvalue weighted by molar-refractivity contribution is 7.09. The molecule has 0 aromatic carbocycles. The highest BCUT2D eigenvalue weighted by Crippen LogP contribution is 2.32. The SMILES string of the molecule is CN(C)c1nc(N)nc(N(Cc2cccs2)C2CC2)n1. The van der Waals surface area contributed by atoms with Crippen molar-refractivity contribution in [2.75, 3.05) is 29.6 Å². The molecule has 3 rings (SSSR count). The van der Waals surface area contributed by atoms with Gasteiger partial charge in [-0.2, -0.15) is 15.0 Å². The fraction of sp³-hybridized carbons (Fsp3) is 0.462. The van der Waals surface area contributed by atoms with Crippen LogP contribution in [-0.4, -0.2) is 35.1 Å². The van der Waals surface area contributed by atoms with E-state index in [0.717, 1.165) is 6.54 Å². The third-order valence-corrected chi connectivity index (χ3v) is 4.04. The molecule has 20 heavy (non-hydrogen) atoms. The second-order valence-corrected chi connectivity index (χ2v) is 6.16. The zero-order chi connectivity index (χ0) is 14.1. The van der Waals surface area contributed by atoms with Gasteiger partial charge in [-0.25, -0.2) is 0 Å². The number of rotatable bonds is 5. The molecule has 1 saturated carbocycles. The molecule has 0 unspecified atom stereocenters. The number of hydrogen-bond donors (Lipinski definition) is 1. The minimum Gasteiger partial charge on any atom is -0.368 e. The summed E-state index contributed by atoms with van der Waals surface area (Å²) >= 11 is 1.75. The van der Waals surface area contributed by atoms with E-state index in [1.54, 1.807) is 11.3 Å². The molecule has 1 fully saturated rings. The summed E-state index contributed by atoms with van der Waals surface area (Å²) in [7, 11) is 3.80. The molecule has 2 N–H and O–H groups in total. The molecule has 2 aromatic heterocycles. The fourth-order valence-electron chi connectivity index (χ4n) is 2.02. The molecule has 106 valence electrons. The van der Waals surface area contributed by atoms with Crippen LogP contribution in [0, 0.1) is 0 Å². The van der Waals surface area contributed by atoms with Crippen molar-refractivity contribution in [1.82, 2.24) is 15.0 Å². The Balaban J connectivity index is 1.91. The van der Waals surface area contributed by atoms with Crippen LogP contribution in [0.15, 0.2) is 17.5 Å². The molecule has 0 amide bonds. The maximum atomic E-state index is 5.82. The first kappa shape index (κ1) is 13.1. The standard InChI is InChI=1S/C13H18N6S/c1-18(2)12-15-11(14)16-13(17-12)19(9-5-6-9)8-10-4-3-7-20-10/h3-4,7,9H,5-6,8H2,1-2H3,(H2,14,15,16,17). The third-order valence-electron chi connectivity index (χ3n) is 3.18. The van der Waals surface area contributed by atoms with Crippen molar-refractivity contribution >= 4 is 29.2 Å². The lowest BCUT2D eigenvalue weighted by Crippen LogP contribution is -2.28. The van der Waals surface area contributed by atoms with Gasteiger partial charge in [0.2, 0.25) is 17.8 Å². The molecule has 7 heteroatoms. The van der Waals surface area contributed by atoms with Gasteiger partial charge >= 0.3 is 0 Å². The minimum atomic E-state index is 0.274. The van der Waals surface area contributed by atoms with Crippen molar-refractivity contribution in [3.63, 3.8) is 0 Å². The summed E-state index contributed by atoms with van der Waals surface area (Å²) < 4.78 is 0. The average Bonchev–Trinajstić information content (AvgIpc) is 3.12. The van der Waals surface area contributed by atoms with Crippen molar-refractivity contribution in [2.45, 2.75) is 25.4 Å². The van der Waals surface area contributed by atoms with Crippen molar-refractivity contribution in [1.29, 1.82) is 0 Å². The topological polar surface area (TPSA) is 71.2 Å². The predicted octanol–water partition coefficient (Wildman–Crippen LogP) is 1.75. The Morgan fingerprint density at radius 1 is 1.25 bits per heavy atom. The monoisotopic (exact) mass is 290 g/mol. The quantitative estimate of drug-likeness (QED) is 0.904. The van der Waals surface area contributed by atoms with E-state index in [1.165, 1.54) is 17.7 Å². The summed E-state index contributed by atoms with van der Waals surface area (Å²) in [6, 6.07) is 4.73.